The highest BCUT2D eigenvalue weighted by molar-refractivity contribution is 9.10. The SMILES string of the molecule is COc1cc(C(CN)C(=O)O)cc(Br)c1OCC1CC1. The van der Waals surface area contributed by atoms with Crippen molar-refractivity contribution in [2.45, 2.75) is 18.8 Å². The van der Waals surface area contributed by atoms with Crippen molar-refractivity contribution in [1.82, 2.24) is 0 Å². The maximum Gasteiger partial charge on any atom is 0.312 e. The summed E-state index contributed by atoms with van der Waals surface area (Å²) < 4.78 is 11.8. The number of rotatable bonds is 7. The Kier molecular flexibility index (Phi) is 4.88. The van der Waals surface area contributed by atoms with Crippen LogP contribution in [0.15, 0.2) is 16.6 Å². The van der Waals surface area contributed by atoms with E-state index >= 15 is 0 Å². The van der Waals surface area contributed by atoms with Crippen molar-refractivity contribution in [3.05, 3.63) is 22.2 Å². The lowest BCUT2D eigenvalue weighted by molar-refractivity contribution is -0.138. The molecule has 1 atom stereocenters. The van der Waals surface area contributed by atoms with Crippen molar-refractivity contribution < 1.29 is 19.4 Å². The van der Waals surface area contributed by atoms with Crippen LogP contribution in [-0.2, 0) is 4.79 Å². The normalized spacial score (nSPS) is 15.8. The van der Waals surface area contributed by atoms with Crippen molar-refractivity contribution >= 4 is 21.9 Å². The molecule has 0 amide bonds. The molecule has 0 aliphatic heterocycles. The van der Waals surface area contributed by atoms with E-state index < -0.39 is 11.9 Å². The molecule has 0 heterocycles. The fourth-order valence-electron chi connectivity index (χ4n) is 1.95. The first-order valence-corrected chi connectivity index (χ1v) is 7.29. The van der Waals surface area contributed by atoms with Crippen LogP contribution in [0.1, 0.15) is 24.3 Å². The minimum atomic E-state index is -0.951. The van der Waals surface area contributed by atoms with Gasteiger partial charge >= 0.3 is 5.97 Å². The number of halogens is 1. The van der Waals surface area contributed by atoms with Crippen LogP contribution >= 0.6 is 15.9 Å². The highest BCUT2D eigenvalue weighted by Crippen LogP contribution is 2.40. The maximum absolute atomic E-state index is 11.2. The Morgan fingerprint density at radius 1 is 1.55 bits per heavy atom. The molecule has 110 valence electrons. The van der Waals surface area contributed by atoms with Crippen LogP contribution in [-0.4, -0.2) is 31.3 Å². The number of benzene rings is 1. The number of carboxylic acids is 1. The second kappa shape index (κ2) is 6.45. The molecule has 2 rings (SSSR count). The summed E-state index contributed by atoms with van der Waals surface area (Å²) in [5, 5.41) is 9.17. The van der Waals surface area contributed by atoms with Gasteiger partial charge in [-0.05, 0) is 52.4 Å². The third-order valence-electron chi connectivity index (χ3n) is 3.35. The fourth-order valence-corrected chi connectivity index (χ4v) is 2.52. The third kappa shape index (κ3) is 3.43. The number of hydrogen-bond acceptors (Lipinski definition) is 4. The summed E-state index contributed by atoms with van der Waals surface area (Å²) in [7, 11) is 1.54. The molecule has 1 aromatic rings. The number of nitrogens with two attached hydrogens (primary N) is 1. The first-order chi connectivity index (χ1) is 9.56. The largest absolute Gasteiger partial charge is 0.493 e. The summed E-state index contributed by atoms with van der Waals surface area (Å²) in [4.78, 5) is 11.2. The Bertz CT molecular complexity index is 502. The van der Waals surface area contributed by atoms with Gasteiger partial charge in [-0.25, -0.2) is 0 Å². The lowest BCUT2D eigenvalue weighted by Gasteiger charge is -2.16. The quantitative estimate of drug-likeness (QED) is 0.794. The zero-order chi connectivity index (χ0) is 14.7. The standard InChI is InChI=1S/C14H18BrNO4/c1-19-12-5-9(10(6-16)14(17)18)4-11(15)13(12)20-7-8-2-3-8/h4-5,8,10H,2-3,6-7,16H2,1H3,(H,17,18). The van der Waals surface area contributed by atoms with Crippen molar-refractivity contribution in [2.24, 2.45) is 11.7 Å². The second-order valence-electron chi connectivity index (χ2n) is 4.92. The molecule has 1 aliphatic carbocycles. The number of methoxy groups -OCH3 is 1. The average Bonchev–Trinajstić information content (AvgIpc) is 3.21. The van der Waals surface area contributed by atoms with Crippen LogP contribution in [0.25, 0.3) is 0 Å². The summed E-state index contributed by atoms with van der Waals surface area (Å²) in [5.41, 5.74) is 6.12. The molecule has 1 fully saturated rings. The van der Waals surface area contributed by atoms with Gasteiger partial charge in [0.2, 0.25) is 0 Å². The van der Waals surface area contributed by atoms with Gasteiger partial charge in [-0.3, -0.25) is 4.79 Å². The second-order valence-corrected chi connectivity index (χ2v) is 5.77. The Balaban J connectivity index is 2.27. The molecule has 0 bridgehead atoms. The van der Waals surface area contributed by atoms with E-state index in [0.29, 0.717) is 34.1 Å². The van der Waals surface area contributed by atoms with Crippen molar-refractivity contribution in [3.63, 3.8) is 0 Å². The van der Waals surface area contributed by atoms with Gasteiger partial charge in [-0.15, -0.1) is 0 Å². The van der Waals surface area contributed by atoms with E-state index in [0.717, 1.165) is 0 Å². The van der Waals surface area contributed by atoms with Crippen LogP contribution in [0.4, 0.5) is 0 Å². The predicted octanol–water partition coefficient (Wildman–Crippen LogP) is 2.37. The molecule has 0 spiro atoms. The zero-order valence-corrected chi connectivity index (χ0v) is 12.9. The van der Waals surface area contributed by atoms with E-state index in [1.165, 1.54) is 20.0 Å². The summed E-state index contributed by atoms with van der Waals surface area (Å²) >= 11 is 3.42. The zero-order valence-electron chi connectivity index (χ0n) is 11.3. The topological polar surface area (TPSA) is 81.8 Å². The van der Waals surface area contributed by atoms with Crippen LogP contribution in [0, 0.1) is 5.92 Å². The van der Waals surface area contributed by atoms with Gasteiger partial charge in [0, 0.05) is 6.54 Å². The number of aliphatic carboxylic acids is 1. The molecule has 5 nitrogen and oxygen atoms in total. The molecule has 20 heavy (non-hydrogen) atoms. The van der Waals surface area contributed by atoms with Gasteiger partial charge in [-0.2, -0.15) is 0 Å². The van der Waals surface area contributed by atoms with Gasteiger partial charge in [0.1, 0.15) is 0 Å². The van der Waals surface area contributed by atoms with Gasteiger partial charge in [0.05, 0.1) is 24.1 Å². The Morgan fingerprint density at radius 3 is 2.75 bits per heavy atom. The van der Waals surface area contributed by atoms with Crippen LogP contribution in [0.5, 0.6) is 11.5 Å². The van der Waals surface area contributed by atoms with Crippen molar-refractivity contribution in [1.29, 1.82) is 0 Å². The molecular formula is C14H18BrNO4. The van der Waals surface area contributed by atoms with Crippen LogP contribution in [0.2, 0.25) is 0 Å². The number of hydrogen-bond donors (Lipinski definition) is 2. The first-order valence-electron chi connectivity index (χ1n) is 6.50. The van der Waals surface area contributed by atoms with Crippen molar-refractivity contribution in [2.75, 3.05) is 20.3 Å². The minimum Gasteiger partial charge on any atom is -0.493 e. The van der Waals surface area contributed by atoms with E-state index in [9.17, 15) is 4.79 Å². The highest BCUT2D eigenvalue weighted by Gasteiger charge is 2.25. The minimum absolute atomic E-state index is 0.0349. The Morgan fingerprint density at radius 2 is 2.25 bits per heavy atom. The van der Waals surface area contributed by atoms with E-state index in [1.54, 1.807) is 12.1 Å². The molecular weight excluding hydrogens is 326 g/mol. The third-order valence-corrected chi connectivity index (χ3v) is 3.94. The van der Waals surface area contributed by atoms with Gasteiger partial charge in [-0.1, -0.05) is 0 Å². The summed E-state index contributed by atoms with van der Waals surface area (Å²) in [6.07, 6.45) is 2.40. The van der Waals surface area contributed by atoms with E-state index in [-0.39, 0.29) is 6.54 Å². The lowest BCUT2D eigenvalue weighted by atomic mass is 9.99. The number of ether oxygens (including phenoxy) is 2. The number of carbonyl (C=O) groups is 1. The molecule has 3 N–H and O–H groups in total. The van der Waals surface area contributed by atoms with Crippen molar-refractivity contribution in [3.8, 4) is 11.5 Å². The van der Waals surface area contributed by atoms with E-state index in [4.69, 9.17) is 20.3 Å². The van der Waals surface area contributed by atoms with Crippen LogP contribution < -0.4 is 15.2 Å². The first kappa shape index (κ1) is 15.1. The highest BCUT2D eigenvalue weighted by atomic mass is 79.9. The molecule has 1 unspecified atom stereocenters. The van der Waals surface area contributed by atoms with Gasteiger partial charge in [0.15, 0.2) is 11.5 Å². The van der Waals surface area contributed by atoms with Crippen LogP contribution in [0.3, 0.4) is 0 Å². The van der Waals surface area contributed by atoms with E-state index in [2.05, 4.69) is 15.9 Å². The lowest BCUT2D eigenvalue weighted by Crippen LogP contribution is -2.21. The molecule has 1 saturated carbocycles. The monoisotopic (exact) mass is 343 g/mol. The van der Waals surface area contributed by atoms with E-state index in [1.807, 2.05) is 0 Å². The summed E-state index contributed by atoms with van der Waals surface area (Å²) in [5.74, 6) is 0.0620. The summed E-state index contributed by atoms with van der Waals surface area (Å²) in [6.45, 7) is 0.695. The predicted molar refractivity (Wildman–Crippen MR) is 78.3 cm³/mol. The average molecular weight is 344 g/mol. The Labute approximate surface area is 126 Å². The molecule has 1 aromatic carbocycles. The fraction of sp³-hybridized carbons (Fsp3) is 0.500. The Hall–Kier alpha value is -1.27. The molecule has 0 saturated heterocycles. The smallest absolute Gasteiger partial charge is 0.312 e. The molecule has 1 aliphatic rings. The number of carboxylic acid groups (broad SMARTS) is 1. The molecule has 0 aromatic heterocycles. The molecule has 6 heteroatoms. The summed E-state index contributed by atoms with van der Waals surface area (Å²) in [6, 6.07) is 3.41. The van der Waals surface area contributed by atoms with Gasteiger partial charge in [0.25, 0.3) is 0 Å². The maximum atomic E-state index is 11.2. The van der Waals surface area contributed by atoms with Gasteiger partial charge < -0.3 is 20.3 Å². The molecule has 0 radical (unpaired) electrons.